The number of ether oxygens (including phenoxy) is 2. The number of benzene rings is 4. The molecule has 0 bridgehead atoms. The lowest BCUT2D eigenvalue weighted by Crippen LogP contribution is -2.10. The SMILES string of the molecule is COC(=O)CCCC(=O)Oc1cccc2c1Cc1ccccc1-2.OCc1cccc2c1Cc1ccccc1-2. The first-order valence-electron chi connectivity index (χ1n) is 12.9. The first kappa shape index (κ1) is 25.4. The maximum atomic E-state index is 12.0. The third kappa shape index (κ3) is 5.24. The molecule has 5 heteroatoms. The van der Waals surface area contributed by atoms with Crippen molar-refractivity contribution in [2.75, 3.05) is 7.11 Å². The van der Waals surface area contributed by atoms with Gasteiger partial charge in [-0.2, -0.15) is 0 Å². The number of hydrogen-bond acceptors (Lipinski definition) is 5. The highest BCUT2D eigenvalue weighted by atomic mass is 16.5. The van der Waals surface area contributed by atoms with Crippen molar-refractivity contribution in [3.8, 4) is 28.0 Å². The minimum Gasteiger partial charge on any atom is -0.469 e. The fourth-order valence-corrected chi connectivity index (χ4v) is 5.25. The molecule has 0 radical (unpaired) electrons. The topological polar surface area (TPSA) is 72.8 Å². The summed E-state index contributed by atoms with van der Waals surface area (Å²) in [6.45, 7) is 0.136. The Morgan fingerprint density at radius 1 is 0.684 bits per heavy atom. The highest BCUT2D eigenvalue weighted by Crippen LogP contribution is 2.41. The minimum absolute atomic E-state index is 0.136. The Labute approximate surface area is 222 Å². The van der Waals surface area contributed by atoms with Gasteiger partial charge in [0.25, 0.3) is 0 Å². The number of aliphatic hydroxyl groups excluding tert-OH is 1. The quantitative estimate of drug-likeness (QED) is 0.213. The highest BCUT2D eigenvalue weighted by molar-refractivity contribution is 5.81. The van der Waals surface area contributed by atoms with Gasteiger partial charge in [0.05, 0.1) is 13.7 Å². The van der Waals surface area contributed by atoms with Crippen molar-refractivity contribution >= 4 is 11.9 Å². The van der Waals surface area contributed by atoms with Crippen LogP contribution in [0.5, 0.6) is 5.75 Å². The number of hydrogen-bond donors (Lipinski definition) is 1. The highest BCUT2D eigenvalue weighted by Gasteiger charge is 2.22. The van der Waals surface area contributed by atoms with Gasteiger partial charge in [-0.25, -0.2) is 0 Å². The zero-order valence-electron chi connectivity index (χ0n) is 21.4. The van der Waals surface area contributed by atoms with Crippen LogP contribution in [-0.2, 0) is 33.8 Å². The van der Waals surface area contributed by atoms with E-state index >= 15 is 0 Å². The van der Waals surface area contributed by atoms with Crippen molar-refractivity contribution < 1.29 is 24.2 Å². The van der Waals surface area contributed by atoms with Crippen LogP contribution >= 0.6 is 0 Å². The second-order valence-corrected chi connectivity index (χ2v) is 9.46. The molecule has 0 atom stereocenters. The lowest BCUT2D eigenvalue weighted by molar-refractivity contribution is -0.141. The number of methoxy groups -OCH3 is 1. The molecule has 0 fully saturated rings. The number of aliphatic hydroxyl groups is 1. The Balaban J connectivity index is 0.000000168. The third-order valence-electron chi connectivity index (χ3n) is 7.14. The first-order valence-corrected chi connectivity index (χ1v) is 12.9. The molecule has 192 valence electrons. The number of carbonyl (C=O) groups is 2. The summed E-state index contributed by atoms with van der Waals surface area (Å²) in [5.41, 5.74) is 11.0. The monoisotopic (exact) mass is 506 g/mol. The van der Waals surface area contributed by atoms with Crippen molar-refractivity contribution in [1.82, 2.24) is 0 Å². The molecule has 2 aliphatic carbocycles. The average Bonchev–Trinajstić information content (AvgIpc) is 3.52. The number of carbonyl (C=O) groups excluding carboxylic acids is 2. The van der Waals surface area contributed by atoms with Crippen LogP contribution in [0, 0.1) is 0 Å². The molecule has 0 saturated heterocycles. The molecular formula is C33H30O5. The van der Waals surface area contributed by atoms with Gasteiger partial charge in [0.2, 0.25) is 0 Å². The Morgan fingerprint density at radius 3 is 1.89 bits per heavy atom. The second kappa shape index (κ2) is 11.4. The van der Waals surface area contributed by atoms with Gasteiger partial charge in [0.1, 0.15) is 5.75 Å². The largest absolute Gasteiger partial charge is 0.469 e. The number of rotatable bonds is 6. The van der Waals surface area contributed by atoms with Crippen molar-refractivity contribution in [2.24, 2.45) is 0 Å². The van der Waals surface area contributed by atoms with Gasteiger partial charge in [-0.1, -0.05) is 78.9 Å². The lowest BCUT2D eigenvalue weighted by Gasteiger charge is -2.09. The summed E-state index contributed by atoms with van der Waals surface area (Å²) < 4.78 is 10.1. The number of esters is 2. The van der Waals surface area contributed by atoms with Gasteiger partial charge >= 0.3 is 11.9 Å². The van der Waals surface area contributed by atoms with E-state index in [1.807, 2.05) is 36.4 Å². The van der Waals surface area contributed by atoms with Crippen LogP contribution in [0.25, 0.3) is 22.3 Å². The van der Waals surface area contributed by atoms with Gasteiger partial charge in [0, 0.05) is 24.8 Å². The summed E-state index contributed by atoms with van der Waals surface area (Å²) >= 11 is 0. The van der Waals surface area contributed by atoms with Crippen LogP contribution in [0.15, 0.2) is 84.9 Å². The molecule has 6 rings (SSSR count). The Morgan fingerprint density at radius 2 is 1.24 bits per heavy atom. The van der Waals surface area contributed by atoms with E-state index in [0.29, 0.717) is 12.2 Å². The molecule has 0 amide bonds. The molecular weight excluding hydrogens is 476 g/mol. The minimum atomic E-state index is -0.321. The van der Waals surface area contributed by atoms with Crippen LogP contribution < -0.4 is 4.74 Å². The standard InChI is InChI=1S/C19H18O4.C14H12O/c1-22-18(20)10-5-11-19(21)23-17-9-4-8-15-14-7-3-2-6-13(14)12-16(15)17;15-9-11-5-3-7-13-12-6-2-1-4-10(12)8-14(11)13/h2-4,6-9H,5,10-12H2,1H3;1-7,15H,8-9H2. The summed E-state index contributed by atoms with van der Waals surface area (Å²) in [5, 5.41) is 9.28. The van der Waals surface area contributed by atoms with E-state index in [4.69, 9.17) is 4.74 Å². The van der Waals surface area contributed by atoms with Crippen LogP contribution in [0.2, 0.25) is 0 Å². The van der Waals surface area contributed by atoms with Crippen LogP contribution in [-0.4, -0.2) is 24.2 Å². The number of fused-ring (bicyclic) bond motifs is 6. The van der Waals surface area contributed by atoms with Gasteiger partial charge in [0.15, 0.2) is 0 Å². The summed E-state index contributed by atoms with van der Waals surface area (Å²) in [7, 11) is 1.34. The second-order valence-electron chi connectivity index (χ2n) is 9.46. The van der Waals surface area contributed by atoms with E-state index in [-0.39, 0.29) is 31.4 Å². The van der Waals surface area contributed by atoms with Crippen LogP contribution in [0.1, 0.15) is 47.1 Å². The molecule has 4 aromatic rings. The van der Waals surface area contributed by atoms with Gasteiger partial charge in [-0.15, -0.1) is 0 Å². The summed E-state index contributed by atoms with van der Waals surface area (Å²) in [6, 6.07) is 28.6. The summed E-state index contributed by atoms with van der Waals surface area (Å²) in [4.78, 5) is 23.0. The zero-order valence-corrected chi connectivity index (χ0v) is 21.4. The fraction of sp³-hybridized carbons (Fsp3) is 0.212. The normalized spacial score (nSPS) is 11.8. The average molecular weight is 507 g/mol. The van der Waals surface area contributed by atoms with Crippen molar-refractivity contribution in [3.63, 3.8) is 0 Å². The Kier molecular flexibility index (Phi) is 7.66. The molecule has 0 aliphatic heterocycles. The van der Waals surface area contributed by atoms with Crippen LogP contribution in [0.3, 0.4) is 0 Å². The van der Waals surface area contributed by atoms with E-state index in [1.54, 1.807) is 0 Å². The molecule has 38 heavy (non-hydrogen) atoms. The van der Waals surface area contributed by atoms with E-state index in [0.717, 1.165) is 29.5 Å². The zero-order chi connectivity index (χ0) is 26.5. The molecule has 0 heterocycles. The molecule has 0 saturated carbocycles. The van der Waals surface area contributed by atoms with Crippen LogP contribution in [0.4, 0.5) is 0 Å². The van der Waals surface area contributed by atoms with E-state index in [9.17, 15) is 14.7 Å². The van der Waals surface area contributed by atoms with Crippen molar-refractivity contribution in [1.29, 1.82) is 0 Å². The third-order valence-corrected chi connectivity index (χ3v) is 7.14. The van der Waals surface area contributed by atoms with E-state index in [1.165, 1.54) is 40.5 Å². The van der Waals surface area contributed by atoms with Gasteiger partial charge < -0.3 is 14.6 Å². The molecule has 0 spiro atoms. The Hall–Kier alpha value is -4.22. The molecule has 2 aliphatic rings. The van der Waals surface area contributed by atoms with Gasteiger partial charge in [-0.3, -0.25) is 9.59 Å². The van der Waals surface area contributed by atoms with E-state index in [2.05, 4.69) is 53.3 Å². The van der Waals surface area contributed by atoms with Crippen molar-refractivity contribution in [2.45, 2.75) is 38.7 Å². The predicted molar refractivity (Wildman–Crippen MR) is 147 cm³/mol. The molecule has 0 aromatic heterocycles. The predicted octanol–water partition coefficient (Wildman–Crippen LogP) is 6.26. The summed E-state index contributed by atoms with van der Waals surface area (Å²) in [6.07, 6.45) is 2.59. The maximum absolute atomic E-state index is 12.0. The summed E-state index contributed by atoms with van der Waals surface area (Å²) in [5.74, 6) is -0.0196. The van der Waals surface area contributed by atoms with Gasteiger partial charge in [-0.05, 0) is 63.4 Å². The lowest BCUT2D eigenvalue weighted by atomic mass is 10.0. The fourth-order valence-electron chi connectivity index (χ4n) is 5.25. The molecule has 4 aromatic carbocycles. The van der Waals surface area contributed by atoms with E-state index < -0.39 is 0 Å². The smallest absolute Gasteiger partial charge is 0.311 e. The molecule has 0 unspecified atom stereocenters. The molecule has 1 N–H and O–H groups in total. The van der Waals surface area contributed by atoms with Crippen molar-refractivity contribution in [3.05, 3.63) is 113 Å². The Bertz CT molecular complexity index is 1490. The first-order chi connectivity index (χ1) is 18.6. The maximum Gasteiger partial charge on any atom is 0.311 e. The molecule has 5 nitrogen and oxygen atoms in total.